The van der Waals surface area contributed by atoms with Crippen LogP contribution in [0, 0.1) is 0 Å². The lowest BCUT2D eigenvalue weighted by Gasteiger charge is -2.16. The Morgan fingerprint density at radius 2 is 2.25 bits per heavy atom. The third kappa shape index (κ3) is 2.55. The number of nitrogens with zero attached hydrogens (tertiary/aromatic N) is 5. The van der Waals surface area contributed by atoms with Crippen LogP contribution in [-0.2, 0) is 6.54 Å². The highest BCUT2D eigenvalue weighted by atomic mass is 15.2. The van der Waals surface area contributed by atoms with Crippen LogP contribution < -0.4 is 0 Å². The average molecular weight is 273 g/mol. The third-order valence-electron chi connectivity index (χ3n) is 4.06. The summed E-state index contributed by atoms with van der Waals surface area (Å²) in [5.41, 5.74) is 2.05. The summed E-state index contributed by atoms with van der Waals surface area (Å²) in [6.07, 6.45) is 3.06. The molecule has 0 bridgehead atoms. The van der Waals surface area contributed by atoms with Gasteiger partial charge in [0.05, 0.1) is 0 Å². The number of pyridine rings is 1. The molecule has 0 aromatic carbocycles. The standard InChI is InChI=1S/C15H23N5/c1-18(2)9-10-20-14(12-6-8-19(3)11-12)17-13-5-4-7-16-15(13)20/h4-5,7,12H,6,8-11H2,1-3H3. The number of likely N-dealkylation sites (tertiary alicyclic amines) is 1. The fourth-order valence-electron chi connectivity index (χ4n) is 2.95. The Labute approximate surface area is 120 Å². The Kier molecular flexibility index (Phi) is 3.72. The van der Waals surface area contributed by atoms with E-state index in [1.807, 2.05) is 12.3 Å². The van der Waals surface area contributed by atoms with Crippen molar-refractivity contribution in [3.05, 3.63) is 24.2 Å². The normalized spacial score (nSPS) is 20.3. The average Bonchev–Trinajstić information content (AvgIpc) is 2.99. The molecule has 1 saturated heterocycles. The molecule has 1 aliphatic rings. The summed E-state index contributed by atoms with van der Waals surface area (Å²) < 4.78 is 2.32. The van der Waals surface area contributed by atoms with Crippen LogP contribution in [0.1, 0.15) is 18.2 Å². The highest BCUT2D eigenvalue weighted by Gasteiger charge is 2.26. The van der Waals surface area contributed by atoms with E-state index in [-0.39, 0.29) is 0 Å². The van der Waals surface area contributed by atoms with Crippen molar-refractivity contribution in [2.75, 3.05) is 40.8 Å². The van der Waals surface area contributed by atoms with Crippen molar-refractivity contribution in [1.82, 2.24) is 24.3 Å². The van der Waals surface area contributed by atoms with Gasteiger partial charge in [-0.2, -0.15) is 0 Å². The van der Waals surface area contributed by atoms with Gasteiger partial charge in [0.2, 0.25) is 0 Å². The molecule has 1 unspecified atom stereocenters. The van der Waals surface area contributed by atoms with Crippen LogP contribution in [-0.4, -0.2) is 65.1 Å². The maximum Gasteiger partial charge on any atom is 0.160 e. The molecule has 2 aromatic rings. The monoisotopic (exact) mass is 273 g/mol. The first-order valence-electron chi connectivity index (χ1n) is 7.29. The van der Waals surface area contributed by atoms with Crippen LogP contribution in [0.25, 0.3) is 11.2 Å². The van der Waals surface area contributed by atoms with Crippen molar-refractivity contribution >= 4 is 11.2 Å². The van der Waals surface area contributed by atoms with Gasteiger partial charge >= 0.3 is 0 Å². The molecule has 3 rings (SSSR count). The summed E-state index contributed by atoms with van der Waals surface area (Å²) in [5, 5.41) is 0. The summed E-state index contributed by atoms with van der Waals surface area (Å²) in [6.45, 7) is 4.23. The Hall–Kier alpha value is -1.46. The summed E-state index contributed by atoms with van der Waals surface area (Å²) >= 11 is 0. The zero-order valence-electron chi connectivity index (χ0n) is 12.6. The number of fused-ring (bicyclic) bond motifs is 1. The lowest BCUT2D eigenvalue weighted by molar-refractivity contribution is 0.377. The first-order valence-corrected chi connectivity index (χ1v) is 7.29. The van der Waals surface area contributed by atoms with Crippen molar-refractivity contribution in [3.63, 3.8) is 0 Å². The molecule has 1 atom stereocenters. The third-order valence-corrected chi connectivity index (χ3v) is 4.06. The van der Waals surface area contributed by atoms with E-state index in [1.54, 1.807) is 0 Å². The quantitative estimate of drug-likeness (QED) is 0.844. The highest BCUT2D eigenvalue weighted by Crippen LogP contribution is 2.28. The molecule has 0 radical (unpaired) electrons. The van der Waals surface area contributed by atoms with Gasteiger partial charge in [0, 0.05) is 31.7 Å². The van der Waals surface area contributed by atoms with Crippen molar-refractivity contribution in [1.29, 1.82) is 0 Å². The van der Waals surface area contributed by atoms with E-state index in [0.717, 1.165) is 37.3 Å². The molecule has 0 N–H and O–H groups in total. The van der Waals surface area contributed by atoms with Gasteiger partial charge in [0.15, 0.2) is 5.65 Å². The number of imidazole rings is 1. The second kappa shape index (κ2) is 5.50. The zero-order valence-corrected chi connectivity index (χ0v) is 12.6. The topological polar surface area (TPSA) is 37.2 Å². The summed E-state index contributed by atoms with van der Waals surface area (Å²) in [6, 6.07) is 4.03. The molecule has 20 heavy (non-hydrogen) atoms. The molecule has 1 aliphatic heterocycles. The molecule has 5 heteroatoms. The maximum atomic E-state index is 4.86. The zero-order chi connectivity index (χ0) is 14.1. The number of likely N-dealkylation sites (N-methyl/N-ethyl adjacent to an activating group) is 2. The van der Waals surface area contributed by atoms with Gasteiger partial charge in [-0.25, -0.2) is 9.97 Å². The maximum absolute atomic E-state index is 4.86. The minimum absolute atomic E-state index is 0.538. The van der Waals surface area contributed by atoms with E-state index in [9.17, 15) is 0 Å². The fourth-order valence-corrected chi connectivity index (χ4v) is 2.95. The molecule has 2 aromatic heterocycles. The summed E-state index contributed by atoms with van der Waals surface area (Å²) in [4.78, 5) is 14.0. The molecular formula is C15H23N5. The Morgan fingerprint density at radius 3 is 2.95 bits per heavy atom. The van der Waals surface area contributed by atoms with E-state index in [1.165, 1.54) is 12.2 Å². The Morgan fingerprint density at radius 1 is 1.40 bits per heavy atom. The number of hydrogen-bond acceptors (Lipinski definition) is 4. The predicted octanol–water partition coefficient (Wildman–Crippen LogP) is 1.41. The fraction of sp³-hybridized carbons (Fsp3) is 0.600. The summed E-state index contributed by atoms with van der Waals surface area (Å²) in [7, 11) is 6.40. The SMILES string of the molecule is CN(C)CCn1c(C2CCN(C)C2)nc2cccnc21. The number of rotatable bonds is 4. The van der Waals surface area contributed by atoms with Gasteiger partial charge in [-0.1, -0.05) is 0 Å². The smallest absolute Gasteiger partial charge is 0.160 e. The molecule has 3 heterocycles. The number of hydrogen-bond donors (Lipinski definition) is 0. The highest BCUT2D eigenvalue weighted by molar-refractivity contribution is 5.71. The van der Waals surface area contributed by atoms with Gasteiger partial charge in [-0.05, 0) is 46.2 Å². The van der Waals surface area contributed by atoms with Crippen LogP contribution in [0.2, 0.25) is 0 Å². The van der Waals surface area contributed by atoms with Gasteiger partial charge in [-0.15, -0.1) is 0 Å². The Balaban J connectivity index is 1.98. The van der Waals surface area contributed by atoms with Crippen molar-refractivity contribution in [3.8, 4) is 0 Å². The van der Waals surface area contributed by atoms with Crippen molar-refractivity contribution in [2.45, 2.75) is 18.9 Å². The van der Waals surface area contributed by atoms with Gasteiger partial charge < -0.3 is 14.4 Å². The van der Waals surface area contributed by atoms with Crippen LogP contribution >= 0.6 is 0 Å². The van der Waals surface area contributed by atoms with Gasteiger partial charge in [0.1, 0.15) is 11.3 Å². The second-order valence-electron chi connectivity index (χ2n) is 6.02. The van der Waals surface area contributed by atoms with Crippen molar-refractivity contribution in [2.24, 2.45) is 0 Å². The van der Waals surface area contributed by atoms with Crippen LogP contribution in [0.4, 0.5) is 0 Å². The molecule has 0 spiro atoms. The van der Waals surface area contributed by atoms with E-state index < -0.39 is 0 Å². The van der Waals surface area contributed by atoms with Gasteiger partial charge in [0.25, 0.3) is 0 Å². The summed E-state index contributed by atoms with van der Waals surface area (Å²) in [5.74, 6) is 1.75. The predicted molar refractivity (Wildman–Crippen MR) is 80.9 cm³/mol. The van der Waals surface area contributed by atoms with Crippen molar-refractivity contribution < 1.29 is 0 Å². The van der Waals surface area contributed by atoms with E-state index in [0.29, 0.717) is 5.92 Å². The van der Waals surface area contributed by atoms with Gasteiger partial charge in [-0.3, -0.25) is 0 Å². The van der Waals surface area contributed by atoms with E-state index in [2.05, 4.69) is 46.6 Å². The molecule has 5 nitrogen and oxygen atoms in total. The lowest BCUT2D eigenvalue weighted by atomic mass is 10.1. The minimum atomic E-state index is 0.538. The van der Waals surface area contributed by atoms with E-state index in [4.69, 9.17) is 4.98 Å². The Bertz CT molecular complexity index is 589. The minimum Gasteiger partial charge on any atom is -0.311 e. The second-order valence-corrected chi connectivity index (χ2v) is 6.02. The van der Waals surface area contributed by atoms with Crippen LogP contribution in [0.5, 0.6) is 0 Å². The molecule has 0 amide bonds. The largest absolute Gasteiger partial charge is 0.311 e. The van der Waals surface area contributed by atoms with E-state index >= 15 is 0 Å². The first-order chi connectivity index (χ1) is 9.65. The van der Waals surface area contributed by atoms with Crippen LogP contribution in [0.3, 0.4) is 0 Å². The first kappa shape index (κ1) is 13.5. The van der Waals surface area contributed by atoms with Crippen LogP contribution in [0.15, 0.2) is 18.3 Å². The lowest BCUT2D eigenvalue weighted by Crippen LogP contribution is -2.21. The molecule has 0 aliphatic carbocycles. The molecule has 1 fully saturated rings. The molecular weight excluding hydrogens is 250 g/mol. The molecule has 108 valence electrons. The molecule has 0 saturated carbocycles. The number of aromatic nitrogens is 3.